The minimum Gasteiger partial charge on any atom is -0.491 e. The van der Waals surface area contributed by atoms with Crippen LogP contribution >= 0.6 is 0 Å². The number of ether oxygens (including phenoxy) is 1. The molecule has 0 aromatic heterocycles. The van der Waals surface area contributed by atoms with Crippen molar-refractivity contribution in [3.05, 3.63) is 41.5 Å². The van der Waals surface area contributed by atoms with Gasteiger partial charge in [0.1, 0.15) is 18.5 Å². The van der Waals surface area contributed by atoms with Gasteiger partial charge in [0.15, 0.2) is 0 Å². The highest BCUT2D eigenvalue weighted by Crippen LogP contribution is 2.11. The second-order valence-electron chi connectivity index (χ2n) is 4.72. The van der Waals surface area contributed by atoms with E-state index in [1.165, 1.54) is 11.1 Å². The predicted molar refractivity (Wildman–Crippen MR) is 75.0 cm³/mol. The van der Waals surface area contributed by atoms with E-state index in [4.69, 9.17) is 4.74 Å². The number of hydrogen-bond acceptors (Lipinski definition) is 3. The molecule has 0 fully saturated rings. The van der Waals surface area contributed by atoms with Crippen LogP contribution < -0.4 is 10.1 Å². The molecule has 3 heteroatoms. The Morgan fingerprint density at radius 1 is 1.33 bits per heavy atom. The summed E-state index contributed by atoms with van der Waals surface area (Å²) in [6, 6.07) is 7.82. The number of benzene rings is 1. The fourth-order valence-electron chi connectivity index (χ4n) is 1.41. The van der Waals surface area contributed by atoms with Gasteiger partial charge in [0.05, 0.1) is 0 Å². The van der Waals surface area contributed by atoms with E-state index < -0.39 is 6.10 Å². The number of aliphatic hydroxyl groups is 1. The average Bonchev–Trinajstić information content (AvgIpc) is 2.34. The van der Waals surface area contributed by atoms with Gasteiger partial charge in [-0.15, -0.1) is 0 Å². The van der Waals surface area contributed by atoms with Crippen LogP contribution in [-0.2, 0) is 0 Å². The molecule has 0 aliphatic carbocycles. The Kier molecular flexibility index (Phi) is 6.47. The normalized spacial score (nSPS) is 12.0. The lowest BCUT2D eigenvalue weighted by Crippen LogP contribution is -2.31. The molecule has 1 unspecified atom stereocenters. The van der Waals surface area contributed by atoms with Crippen molar-refractivity contribution in [1.82, 2.24) is 5.32 Å². The van der Waals surface area contributed by atoms with Crippen molar-refractivity contribution in [2.45, 2.75) is 26.9 Å². The molecule has 3 nitrogen and oxygen atoms in total. The molecule has 0 aliphatic rings. The molecule has 1 rings (SSSR count). The average molecular weight is 249 g/mol. The van der Waals surface area contributed by atoms with Crippen LogP contribution in [0.3, 0.4) is 0 Å². The van der Waals surface area contributed by atoms with Crippen LogP contribution in [-0.4, -0.2) is 30.9 Å². The number of allylic oxidation sites excluding steroid dienone is 1. The third kappa shape index (κ3) is 6.42. The molecule has 0 amide bonds. The number of aryl methyl sites for hydroxylation is 1. The Labute approximate surface area is 109 Å². The maximum atomic E-state index is 9.72. The van der Waals surface area contributed by atoms with Crippen molar-refractivity contribution in [2.24, 2.45) is 0 Å². The van der Waals surface area contributed by atoms with Crippen LogP contribution in [0.15, 0.2) is 35.9 Å². The van der Waals surface area contributed by atoms with Crippen molar-refractivity contribution in [1.29, 1.82) is 0 Å². The van der Waals surface area contributed by atoms with Gasteiger partial charge in [-0.25, -0.2) is 0 Å². The molecular formula is C15H23NO2. The van der Waals surface area contributed by atoms with Gasteiger partial charge in [-0.3, -0.25) is 0 Å². The highest BCUT2D eigenvalue weighted by atomic mass is 16.5. The first kappa shape index (κ1) is 14.7. The lowest BCUT2D eigenvalue weighted by molar-refractivity contribution is 0.107. The minimum atomic E-state index is -0.489. The quantitative estimate of drug-likeness (QED) is 0.575. The topological polar surface area (TPSA) is 41.5 Å². The molecule has 0 heterocycles. The smallest absolute Gasteiger partial charge is 0.119 e. The van der Waals surface area contributed by atoms with Crippen LogP contribution in [0.25, 0.3) is 0 Å². The fourth-order valence-corrected chi connectivity index (χ4v) is 1.41. The van der Waals surface area contributed by atoms with E-state index >= 15 is 0 Å². The van der Waals surface area contributed by atoms with E-state index in [1.807, 2.05) is 31.2 Å². The standard InChI is InChI=1S/C15H23NO2/c1-12(2)8-9-16-10-14(17)11-18-15-6-4-13(3)5-7-15/h4-8,14,16-17H,9-11H2,1-3H3. The van der Waals surface area contributed by atoms with Gasteiger partial charge in [-0.05, 0) is 32.9 Å². The summed E-state index contributed by atoms with van der Waals surface area (Å²) < 4.78 is 5.50. The molecule has 0 radical (unpaired) electrons. The van der Waals surface area contributed by atoms with Gasteiger partial charge >= 0.3 is 0 Å². The van der Waals surface area contributed by atoms with Crippen molar-refractivity contribution in [2.75, 3.05) is 19.7 Å². The van der Waals surface area contributed by atoms with E-state index in [1.54, 1.807) is 0 Å². The maximum absolute atomic E-state index is 9.72. The molecule has 1 aromatic carbocycles. The number of hydrogen-bond donors (Lipinski definition) is 2. The SMILES string of the molecule is CC(C)=CCNCC(O)COc1ccc(C)cc1. The molecule has 0 saturated heterocycles. The Morgan fingerprint density at radius 3 is 2.61 bits per heavy atom. The number of aliphatic hydroxyl groups excluding tert-OH is 1. The molecule has 100 valence electrons. The largest absolute Gasteiger partial charge is 0.491 e. The molecule has 0 bridgehead atoms. The van der Waals surface area contributed by atoms with Gasteiger partial charge in [0, 0.05) is 13.1 Å². The molecule has 2 N–H and O–H groups in total. The second-order valence-corrected chi connectivity index (χ2v) is 4.72. The molecular weight excluding hydrogens is 226 g/mol. The Bertz CT molecular complexity index is 367. The van der Waals surface area contributed by atoms with Crippen LogP contribution in [0.1, 0.15) is 19.4 Å². The van der Waals surface area contributed by atoms with Crippen LogP contribution in [0, 0.1) is 6.92 Å². The van der Waals surface area contributed by atoms with Crippen LogP contribution in [0.4, 0.5) is 0 Å². The lowest BCUT2D eigenvalue weighted by atomic mass is 10.2. The monoisotopic (exact) mass is 249 g/mol. The van der Waals surface area contributed by atoms with Crippen LogP contribution in [0.2, 0.25) is 0 Å². The zero-order valence-corrected chi connectivity index (χ0v) is 11.4. The molecule has 0 spiro atoms. The van der Waals surface area contributed by atoms with Gasteiger partial charge in [0.2, 0.25) is 0 Å². The highest BCUT2D eigenvalue weighted by Gasteiger charge is 2.04. The Balaban J connectivity index is 2.18. The van der Waals surface area contributed by atoms with E-state index in [0.717, 1.165) is 12.3 Å². The van der Waals surface area contributed by atoms with Gasteiger partial charge in [-0.2, -0.15) is 0 Å². The first-order chi connectivity index (χ1) is 8.58. The second kappa shape index (κ2) is 7.90. The Hall–Kier alpha value is -1.32. The zero-order chi connectivity index (χ0) is 13.4. The van der Waals surface area contributed by atoms with Gasteiger partial charge in [-0.1, -0.05) is 29.3 Å². The summed E-state index contributed by atoms with van der Waals surface area (Å²) in [7, 11) is 0. The van der Waals surface area contributed by atoms with E-state index in [-0.39, 0.29) is 0 Å². The van der Waals surface area contributed by atoms with E-state index in [2.05, 4.69) is 25.2 Å². The van der Waals surface area contributed by atoms with Crippen LogP contribution in [0.5, 0.6) is 5.75 Å². The summed E-state index contributed by atoms with van der Waals surface area (Å²) >= 11 is 0. The summed E-state index contributed by atoms with van der Waals surface area (Å²) in [5.41, 5.74) is 2.47. The number of rotatable bonds is 7. The predicted octanol–water partition coefficient (Wildman–Crippen LogP) is 2.29. The minimum absolute atomic E-state index is 0.310. The van der Waals surface area contributed by atoms with Crippen molar-refractivity contribution >= 4 is 0 Å². The van der Waals surface area contributed by atoms with Crippen molar-refractivity contribution < 1.29 is 9.84 Å². The molecule has 0 saturated carbocycles. The summed E-state index contributed by atoms with van der Waals surface area (Å²) in [6.07, 6.45) is 1.60. The Morgan fingerprint density at radius 2 is 2.00 bits per heavy atom. The summed E-state index contributed by atoms with van der Waals surface area (Å²) in [5, 5.41) is 12.9. The first-order valence-corrected chi connectivity index (χ1v) is 6.29. The first-order valence-electron chi connectivity index (χ1n) is 6.29. The highest BCUT2D eigenvalue weighted by molar-refractivity contribution is 5.26. The van der Waals surface area contributed by atoms with Crippen molar-refractivity contribution in [3.8, 4) is 5.75 Å². The molecule has 1 atom stereocenters. The summed E-state index contributed by atoms with van der Waals surface area (Å²) in [6.45, 7) is 7.77. The van der Waals surface area contributed by atoms with E-state index in [9.17, 15) is 5.11 Å². The third-order valence-electron chi connectivity index (χ3n) is 2.50. The lowest BCUT2D eigenvalue weighted by Gasteiger charge is -2.12. The summed E-state index contributed by atoms with van der Waals surface area (Å²) in [5.74, 6) is 0.795. The molecule has 1 aromatic rings. The zero-order valence-electron chi connectivity index (χ0n) is 11.4. The third-order valence-corrected chi connectivity index (χ3v) is 2.50. The fraction of sp³-hybridized carbons (Fsp3) is 0.467. The van der Waals surface area contributed by atoms with Gasteiger partial charge in [0.25, 0.3) is 0 Å². The molecule has 18 heavy (non-hydrogen) atoms. The molecule has 0 aliphatic heterocycles. The van der Waals surface area contributed by atoms with Gasteiger partial charge < -0.3 is 15.2 Å². The van der Waals surface area contributed by atoms with Crippen molar-refractivity contribution in [3.63, 3.8) is 0 Å². The maximum Gasteiger partial charge on any atom is 0.119 e. The summed E-state index contributed by atoms with van der Waals surface area (Å²) in [4.78, 5) is 0. The van der Waals surface area contributed by atoms with E-state index in [0.29, 0.717) is 13.2 Å². The number of nitrogens with one attached hydrogen (secondary N) is 1.